The van der Waals surface area contributed by atoms with Gasteiger partial charge in [0.05, 0.1) is 0 Å². The van der Waals surface area contributed by atoms with E-state index in [1.165, 1.54) is 0 Å². The van der Waals surface area contributed by atoms with Gasteiger partial charge in [-0.25, -0.2) is 14.4 Å². The van der Waals surface area contributed by atoms with Crippen LogP contribution < -0.4 is 0 Å². The number of hydrogen-bond donors (Lipinski definition) is 5. The summed E-state index contributed by atoms with van der Waals surface area (Å²) in [6.07, 6.45) is 0. The van der Waals surface area contributed by atoms with Crippen molar-refractivity contribution in [3.05, 3.63) is 0 Å². The van der Waals surface area contributed by atoms with E-state index in [9.17, 15) is 8.76 Å². The first-order chi connectivity index (χ1) is 4.56. The third-order valence-corrected chi connectivity index (χ3v) is 0.319. The van der Waals surface area contributed by atoms with Crippen LogP contribution in [0.3, 0.4) is 0 Å². The van der Waals surface area contributed by atoms with Crippen molar-refractivity contribution in [1.82, 2.24) is 0 Å². The maximum atomic E-state index is 10.4. The molecule has 0 saturated carbocycles. The fourth-order valence-corrected chi connectivity index (χ4v) is 0. The minimum absolute atomic E-state index is 2.60. The topological polar surface area (TPSA) is 145 Å². The number of hydrogen-bond acceptors (Lipinski definition) is 4. The van der Waals surface area contributed by atoms with Crippen LogP contribution in [0.25, 0.3) is 0 Å². The quantitative estimate of drug-likeness (QED) is 0.225. The minimum Gasteiger partial charge on any atom is -0.301 e. The summed E-state index contributed by atoms with van der Waals surface area (Å²) in [5.74, 6) is 0. The highest BCUT2D eigenvalue weighted by molar-refractivity contribution is 7.46. The van der Waals surface area contributed by atoms with E-state index in [4.69, 9.17) is 29.4 Å². The fraction of sp³-hybridized carbons (Fsp3) is 0. The Labute approximate surface area is 59.7 Å². The largest absolute Gasteiger partial charge is 0.507 e. The maximum absolute atomic E-state index is 10.4. The summed E-state index contributed by atoms with van der Waals surface area (Å²) in [6.45, 7) is 0. The molecule has 11 heteroatoms. The molecule has 8 nitrogen and oxygen atoms in total. The lowest BCUT2D eigenvalue weighted by Gasteiger charge is -1.90. The number of phosphoric acid groups is 1. The van der Waals surface area contributed by atoms with Crippen molar-refractivity contribution in [3.8, 4) is 0 Å². The van der Waals surface area contributed by atoms with E-state index in [1.807, 2.05) is 0 Å². The Morgan fingerprint density at radius 3 is 1.18 bits per heavy atom. The highest BCUT2D eigenvalue weighted by Crippen LogP contribution is 2.35. The van der Waals surface area contributed by atoms with Crippen molar-refractivity contribution >= 4 is 15.7 Å². The number of rotatable bonds is 1. The summed E-state index contributed by atoms with van der Waals surface area (Å²) in [5, 5.41) is 7.14. The van der Waals surface area contributed by atoms with Crippen LogP contribution in [0.4, 0.5) is 4.20 Å². The minimum atomic E-state index is -5.14. The zero-order chi connectivity index (χ0) is 9.71. The molecule has 0 rings (SSSR count). The van der Waals surface area contributed by atoms with Crippen molar-refractivity contribution < 1.29 is 42.8 Å². The van der Waals surface area contributed by atoms with Crippen LogP contribution in [-0.2, 0) is 13.8 Å². The molecule has 0 bridgehead atoms. The first kappa shape index (κ1) is 13.7. The van der Waals surface area contributed by atoms with Crippen molar-refractivity contribution in [3.63, 3.8) is 0 Å². The second-order valence-corrected chi connectivity index (χ2v) is 3.14. The predicted molar refractivity (Wildman–Crippen MR) is 28.9 cm³/mol. The first-order valence-corrected chi connectivity index (χ1v) is 4.73. The van der Waals surface area contributed by atoms with Gasteiger partial charge < -0.3 is 9.79 Å². The van der Waals surface area contributed by atoms with Crippen LogP contribution in [0.5, 0.6) is 0 Å². The highest BCUT2D eigenvalue weighted by atomic mass is 31.2. The lowest BCUT2D eigenvalue weighted by molar-refractivity contribution is -0.158. The molecule has 11 heavy (non-hydrogen) atoms. The molecule has 0 spiro atoms. The monoisotopic (exact) mass is 214 g/mol. The van der Waals surface area contributed by atoms with Crippen molar-refractivity contribution in [2.45, 2.75) is 0 Å². The van der Waals surface area contributed by atoms with Crippen molar-refractivity contribution in [2.24, 2.45) is 0 Å². The van der Waals surface area contributed by atoms with E-state index >= 15 is 0 Å². The molecule has 70 valence electrons. The van der Waals surface area contributed by atoms with Gasteiger partial charge in [0.2, 0.25) is 0 Å². The molecular weight excluding hydrogens is 209 g/mol. The lowest BCUT2D eigenvalue weighted by atomic mass is 15.0. The third-order valence-electron chi connectivity index (χ3n) is 0.106. The molecular formula is H5FO8P2. The van der Waals surface area contributed by atoms with Gasteiger partial charge in [-0.15, -0.1) is 8.87 Å². The highest BCUT2D eigenvalue weighted by Gasteiger charge is 2.10. The average molecular weight is 214 g/mol. The Morgan fingerprint density at radius 2 is 1.18 bits per heavy atom. The van der Waals surface area contributed by atoms with Crippen LogP contribution in [0, 0.1) is 0 Å². The van der Waals surface area contributed by atoms with Gasteiger partial charge in [0, 0.05) is 0 Å². The molecule has 5 N–H and O–H groups in total. The van der Waals surface area contributed by atoms with Gasteiger partial charge in [0.25, 0.3) is 0 Å². The standard InChI is InChI=1S/FH2O3P.H3O5P/c1-5(2,3)4;1-5-6(2,3)4/h(H2,2,3,4);1H,(H2,2,3,4). The molecule has 0 saturated heterocycles. The molecule has 0 radical (unpaired) electrons. The Morgan fingerprint density at radius 1 is 1.09 bits per heavy atom. The summed E-state index contributed by atoms with van der Waals surface area (Å²) in [4.78, 5) is 28.9. The third kappa shape index (κ3) is 67.9. The van der Waals surface area contributed by atoms with Crippen molar-refractivity contribution in [2.75, 3.05) is 0 Å². The second kappa shape index (κ2) is 4.91. The molecule has 0 aromatic heterocycles. The SMILES string of the molecule is O=P(O)(O)F.O=P(O)(O)OO. The summed E-state index contributed by atoms with van der Waals surface area (Å²) in [5.41, 5.74) is 0. The summed E-state index contributed by atoms with van der Waals surface area (Å²) >= 11 is 0. The number of halogens is 1. The normalized spacial score (nSPS) is 11.8. The van der Waals surface area contributed by atoms with Gasteiger partial charge >= 0.3 is 15.7 Å². The van der Waals surface area contributed by atoms with Crippen LogP contribution in [0.15, 0.2) is 0 Å². The zero-order valence-electron chi connectivity index (χ0n) is 4.73. The molecule has 0 atom stereocenters. The van der Waals surface area contributed by atoms with Gasteiger partial charge in [0.1, 0.15) is 0 Å². The summed E-state index contributed by atoms with van der Waals surface area (Å²) in [6, 6.07) is 0. The predicted octanol–water partition coefficient (Wildman–Crippen LogP) is -0.383. The zero-order valence-corrected chi connectivity index (χ0v) is 6.52. The molecule has 0 unspecified atom stereocenters. The molecule has 0 aliphatic rings. The van der Waals surface area contributed by atoms with Gasteiger partial charge in [-0.1, -0.05) is 0 Å². The van der Waals surface area contributed by atoms with Gasteiger partial charge in [0.15, 0.2) is 0 Å². The molecule has 0 aliphatic heterocycles. The van der Waals surface area contributed by atoms with E-state index in [-0.39, 0.29) is 0 Å². The van der Waals surface area contributed by atoms with Crippen LogP contribution in [0.2, 0.25) is 0 Å². The first-order valence-electron chi connectivity index (χ1n) is 1.70. The van der Waals surface area contributed by atoms with Crippen LogP contribution in [0.1, 0.15) is 0 Å². The van der Waals surface area contributed by atoms with E-state index in [2.05, 4.69) is 4.67 Å². The van der Waals surface area contributed by atoms with Gasteiger partial charge in [-0.05, 0) is 0 Å². The molecule has 0 amide bonds. The summed E-state index contributed by atoms with van der Waals surface area (Å²) in [7, 11) is -9.73. The molecule has 0 aromatic rings. The molecule has 0 aromatic carbocycles. The Balaban J connectivity index is 0. The molecule has 0 heterocycles. The average Bonchev–Trinajstić information content (AvgIpc) is 1.59. The summed E-state index contributed by atoms with van der Waals surface area (Å²) < 4.78 is 30.8. The van der Waals surface area contributed by atoms with Crippen LogP contribution >= 0.6 is 15.7 Å². The van der Waals surface area contributed by atoms with Gasteiger partial charge in [-0.2, -0.15) is 0 Å². The lowest BCUT2D eigenvalue weighted by Crippen LogP contribution is -1.77. The smallest absolute Gasteiger partial charge is 0.301 e. The van der Waals surface area contributed by atoms with E-state index in [0.29, 0.717) is 0 Å². The van der Waals surface area contributed by atoms with E-state index < -0.39 is 15.7 Å². The van der Waals surface area contributed by atoms with Gasteiger partial charge in [-0.3, -0.25) is 9.79 Å². The van der Waals surface area contributed by atoms with Crippen LogP contribution in [-0.4, -0.2) is 24.8 Å². The maximum Gasteiger partial charge on any atom is 0.507 e. The fourth-order valence-electron chi connectivity index (χ4n) is 0. The second-order valence-electron chi connectivity index (χ2n) is 1.05. The van der Waals surface area contributed by atoms with E-state index in [0.717, 1.165) is 0 Å². The Kier molecular flexibility index (Phi) is 6.13. The van der Waals surface area contributed by atoms with E-state index in [1.54, 1.807) is 0 Å². The Bertz CT molecular complexity index is 164. The van der Waals surface area contributed by atoms with Crippen molar-refractivity contribution in [1.29, 1.82) is 0 Å². The Hall–Kier alpha value is 0.150. The molecule has 0 aliphatic carbocycles. The molecule has 0 fully saturated rings.